The van der Waals surface area contributed by atoms with E-state index in [1.807, 2.05) is 0 Å². The second-order valence-electron chi connectivity index (χ2n) is 5.27. The molecule has 0 spiro atoms. The van der Waals surface area contributed by atoms with Crippen LogP contribution in [0.15, 0.2) is 29.5 Å². The molecule has 1 N–H and O–H groups in total. The lowest BCUT2D eigenvalue weighted by Gasteiger charge is -2.04. The van der Waals surface area contributed by atoms with Crippen LogP contribution in [0.1, 0.15) is 21.7 Å². The summed E-state index contributed by atoms with van der Waals surface area (Å²) in [7, 11) is 1.36. The van der Waals surface area contributed by atoms with E-state index in [1.165, 1.54) is 13.2 Å². The van der Waals surface area contributed by atoms with Crippen LogP contribution in [0.3, 0.4) is 0 Å². The smallest absolute Gasteiger partial charge is 0.298 e. The molecule has 0 bridgehead atoms. The van der Waals surface area contributed by atoms with Gasteiger partial charge in [-0.2, -0.15) is 13.2 Å². The minimum atomic E-state index is -4.54. The molecule has 0 unspecified atom stereocenters. The zero-order chi connectivity index (χ0) is 19.1. The van der Waals surface area contributed by atoms with Gasteiger partial charge in [-0.3, -0.25) is 10.1 Å². The van der Waals surface area contributed by atoms with Crippen LogP contribution in [0.2, 0.25) is 0 Å². The standard InChI is InChI=1S/C15H9F5N4OS/c1-24-9(5-11(23-24)15(18,19)20)10-6-21-14(26-10)22-13(25)12-7(16)3-2-4-8(12)17/h2-4,6H,5H2,1H3/p+1. The summed E-state index contributed by atoms with van der Waals surface area (Å²) in [5, 5.41) is 5.67. The van der Waals surface area contributed by atoms with E-state index in [-0.39, 0.29) is 10.8 Å². The predicted molar refractivity (Wildman–Crippen MR) is 84.8 cm³/mol. The fraction of sp³-hybridized carbons (Fsp3) is 0.200. The largest absolute Gasteiger partial charge is 0.435 e. The molecule has 2 aromatic rings. The Morgan fingerprint density at radius 3 is 2.50 bits per heavy atom. The molecular formula is C15H10F5N4OS+. The maximum absolute atomic E-state index is 13.6. The predicted octanol–water partition coefficient (Wildman–Crippen LogP) is 3.43. The van der Waals surface area contributed by atoms with Gasteiger partial charge in [0.2, 0.25) is 5.71 Å². The molecule has 3 rings (SSSR count). The summed E-state index contributed by atoms with van der Waals surface area (Å²) in [5.74, 6) is -3.11. The molecule has 0 saturated heterocycles. The maximum Gasteiger partial charge on any atom is 0.435 e. The normalized spacial score (nSPS) is 14.6. The maximum atomic E-state index is 13.6. The summed E-state index contributed by atoms with van der Waals surface area (Å²) in [6, 6.07) is 2.99. The zero-order valence-electron chi connectivity index (χ0n) is 13.1. The number of benzene rings is 1. The third kappa shape index (κ3) is 3.47. The highest BCUT2D eigenvalue weighted by molar-refractivity contribution is 7.17. The van der Waals surface area contributed by atoms with Crippen LogP contribution in [0.5, 0.6) is 0 Å². The van der Waals surface area contributed by atoms with E-state index in [0.717, 1.165) is 34.2 Å². The summed E-state index contributed by atoms with van der Waals surface area (Å²) in [5.41, 5.74) is -1.45. The van der Waals surface area contributed by atoms with Gasteiger partial charge in [0, 0.05) is 5.10 Å². The summed E-state index contributed by atoms with van der Waals surface area (Å²) < 4.78 is 66.6. The van der Waals surface area contributed by atoms with Crippen molar-refractivity contribution in [2.75, 3.05) is 12.4 Å². The topological polar surface area (TPSA) is 57.4 Å². The number of nitrogens with zero attached hydrogens (tertiary/aromatic N) is 3. The molecular weight excluding hydrogens is 379 g/mol. The number of amides is 1. The third-order valence-electron chi connectivity index (χ3n) is 3.52. The highest BCUT2D eigenvalue weighted by atomic mass is 32.1. The molecule has 1 aromatic carbocycles. The molecule has 26 heavy (non-hydrogen) atoms. The summed E-state index contributed by atoms with van der Waals surface area (Å²) >= 11 is 0.874. The van der Waals surface area contributed by atoms with Gasteiger partial charge in [0.1, 0.15) is 22.1 Å². The molecule has 136 valence electrons. The van der Waals surface area contributed by atoms with E-state index in [2.05, 4.69) is 15.4 Å². The van der Waals surface area contributed by atoms with Crippen LogP contribution in [-0.4, -0.2) is 40.2 Å². The van der Waals surface area contributed by atoms with Crippen LogP contribution in [0.25, 0.3) is 0 Å². The molecule has 0 atom stereocenters. The molecule has 0 radical (unpaired) electrons. The number of nitrogens with one attached hydrogen (secondary N) is 1. The minimum absolute atomic E-state index is 0.00554. The Balaban J connectivity index is 1.78. The number of carbonyl (C=O) groups is 1. The van der Waals surface area contributed by atoms with Crippen LogP contribution in [-0.2, 0) is 0 Å². The van der Waals surface area contributed by atoms with Crippen molar-refractivity contribution in [1.82, 2.24) is 4.98 Å². The average molecular weight is 389 g/mol. The van der Waals surface area contributed by atoms with Gasteiger partial charge in [-0.25, -0.2) is 13.8 Å². The molecule has 1 aliphatic heterocycles. The monoisotopic (exact) mass is 389 g/mol. The summed E-state index contributed by atoms with van der Waals surface area (Å²) in [6.45, 7) is 0. The van der Waals surface area contributed by atoms with Gasteiger partial charge in [0.05, 0.1) is 12.6 Å². The minimum Gasteiger partial charge on any atom is -0.298 e. The van der Waals surface area contributed by atoms with E-state index >= 15 is 0 Å². The number of alkyl halides is 3. The van der Waals surface area contributed by atoms with Gasteiger partial charge in [0.15, 0.2) is 17.9 Å². The number of halogens is 5. The molecule has 2 heterocycles. The molecule has 1 amide bonds. The average Bonchev–Trinajstić information content (AvgIpc) is 3.13. The Morgan fingerprint density at radius 1 is 1.27 bits per heavy atom. The SMILES string of the molecule is C[N+]1=C(c2cnc(NC(=O)c3c(F)cccc3F)s2)CC(C(F)(F)F)=N1. The van der Waals surface area contributed by atoms with Crippen molar-refractivity contribution in [3.8, 4) is 0 Å². The highest BCUT2D eigenvalue weighted by Crippen LogP contribution is 2.28. The van der Waals surface area contributed by atoms with Gasteiger partial charge < -0.3 is 0 Å². The van der Waals surface area contributed by atoms with Crippen LogP contribution in [0.4, 0.5) is 27.1 Å². The number of aromatic nitrogens is 1. The van der Waals surface area contributed by atoms with Gasteiger partial charge in [-0.15, -0.1) is 0 Å². The Bertz CT molecular complexity index is 928. The van der Waals surface area contributed by atoms with Crippen molar-refractivity contribution < 1.29 is 31.4 Å². The van der Waals surface area contributed by atoms with Crippen molar-refractivity contribution in [1.29, 1.82) is 0 Å². The van der Waals surface area contributed by atoms with E-state index < -0.39 is 41.4 Å². The Kier molecular flexibility index (Phi) is 4.57. The van der Waals surface area contributed by atoms with Crippen LogP contribution < -0.4 is 5.32 Å². The first-order valence-electron chi connectivity index (χ1n) is 7.12. The number of anilines is 1. The van der Waals surface area contributed by atoms with Crippen LogP contribution in [0, 0.1) is 11.6 Å². The number of hydrogen-bond acceptors (Lipinski definition) is 4. The van der Waals surface area contributed by atoms with Crippen LogP contribution >= 0.6 is 11.3 Å². The van der Waals surface area contributed by atoms with Crippen molar-refractivity contribution >= 4 is 33.8 Å². The van der Waals surface area contributed by atoms with Gasteiger partial charge in [-0.05, 0) is 12.1 Å². The lowest BCUT2D eigenvalue weighted by atomic mass is 10.2. The van der Waals surface area contributed by atoms with Crippen molar-refractivity contribution in [2.45, 2.75) is 12.6 Å². The quantitative estimate of drug-likeness (QED) is 0.646. The molecule has 0 saturated carbocycles. The Morgan fingerprint density at radius 2 is 1.92 bits per heavy atom. The second-order valence-corrected chi connectivity index (χ2v) is 6.30. The molecule has 1 aliphatic rings. The Hall–Kier alpha value is -2.69. The van der Waals surface area contributed by atoms with Gasteiger partial charge >= 0.3 is 6.18 Å². The van der Waals surface area contributed by atoms with E-state index in [1.54, 1.807) is 0 Å². The molecule has 11 heteroatoms. The summed E-state index contributed by atoms with van der Waals surface area (Å²) in [4.78, 5) is 16.2. The number of carbonyl (C=O) groups excluding carboxylic acids is 1. The van der Waals surface area contributed by atoms with E-state index in [9.17, 15) is 26.7 Å². The third-order valence-corrected chi connectivity index (χ3v) is 4.49. The zero-order valence-corrected chi connectivity index (χ0v) is 13.9. The first kappa shape index (κ1) is 18.1. The molecule has 1 aromatic heterocycles. The van der Waals surface area contributed by atoms with Crippen molar-refractivity contribution in [3.05, 3.63) is 46.5 Å². The highest BCUT2D eigenvalue weighted by Gasteiger charge is 2.44. The lowest BCUT2D eigenvalue weighted by molar-refractivity contribution is -0.499. The van der Waals surface area contributed by atoms with E-state index in [4.69, 9.17) is 0 Å². The first-order chi connectivity index (χ1) is 12.2. The summed E-state index contributed by atoms with van der Waals surface area (Å²) in [6.07, 6.45) is -3.71. The van der Waals surface area contributed by atoms with Crippen molar-refractivity contribution in [3.63, 3.8) is 0 Å². The fourth-order valence-electron chi connectivity index (χ4n) is 2.29. The molecule has 5 nitrogen and oxygen atoms in total. The van der Waals surface area contributed by atoms with Gasteiger partial charge in [0.25, 0.3) is 5.91 Å². The first-order valence-corrected chi connectivity index (χ1v) is 7.94. The van der Waals surface area contributed by atoms with E-state index in [0.29, 0.717) is 4.88 Å². The Labute approximate surface area is 147 Å². The second kappa shape index (κ2) is 6.56. The number of hydrogen-bond donors (Lipinski definition) is 1. The van der Waals surface area contributed by atoms with Crippen molar-refractivity contribution in [2.24, 2.45) is 5.10 Å². The number of hydrazone groups is 1. The number of rotatable bonds is 3. The molecule has 0 fully saturated rings. The molecule has 0 aliphatic carbocycles. The number of thiazole rings is 1. The van der Waals surface area contributed by atoms with Gasteiger partial charge in [-0.1, -0.05) is 22.1 Å². The fourth-order valence-corrected chi connectivity index (χ4v) is 3.18. The lowest BCUT2D eigenvalue weighted by Crippen LogP contribution is -2.22.